The monoisotopic (exact) mass is 243 g/mol. The molecule has 0 atom stereocenters. The average Bonchev–Trinajstić information content (AvgIpc) is 2.17. The molecule has 0 heterocycles. The molecule has 0 unspecified atom stereocenters. The Balaban J connectivity index is 2.84. The maximum Gasteiger partial charge on any atom is 0.407 e. The van der Waals surface area contributed by atoms with Crippen LogP contribution in [0.15, 0.2) is 29.2 Å². The molecule has 1 N–H and O–H groups in total. The van der Waals surface area contributed by atoms with Gasteiger partial charge in [-0.3, -0.25) is 0 Å². The topological polar surface area (TPSA) is 74.7 Å². The van der Waals surface area contributed by atoms with E-state index in [2.05, 4.69) is 0 Å². The summed E-state index contributed by atoms with van der Waals surface area (Å²) in [6, 6.07) is 6.16. The lowest BCUT2D eigenvalue weighted by molar-refractivity contribution is 0.153. The van der Waals surface area contributed by atoms with Crippen molar-refractivity contribution >= 4 is 15.9 Å². The zero-order chi connectivity index (χ0) is 12.3. The number of rotatable bonds is 3. The summed E-state index contributed by atoms with van der Waals surface area (Å²) in [5.41, 5.74) is 0.748. The molecule has 0 aliphatic carbocycles. The van der Waals surface area contributed by atoms with Crippen LogP contribution in [0.4, 0.5) is 4.79 Å². The second-order valence-corrected chi connectivity index (χ2v) is 5.57. The normalized spacial score (nSPS) is 11.1. The molecule has 0 fully saturated rings. The summed E-state index contributed by atoms with van der Waals surface area (Å²) in [6.07, 6.45) is 0.109. The molecule has 0 saturated carbocycles. The maximum absolute atomic E-state index is 11.2. The van der Waals surface area contributed by atoms with E-state index < -0.39 is 15.9 Å². The van der Waals surface area contributed by atoms with Gasteiger partial charge in [0, 0.05) is 19.8 Å². The van der Waals surface area contributed by atoms with Crippen molar-refractivity contribution in [3.05, 3.63) is 29.8 Å². The molecule has 0 aromatic heterocycles. The van der Waals surface area contributed by atoms with Crippen LogP contribution in [0.5, 0.6) is 0 Å². The predicted molar refractivity (Wildman–Crippen MR) is 59.0 cm³/mol. The lowest BCUT2D eigenvalue weighted by Gasteiger charge is -2.12. The van der Waals surface area contributed by atoms with Crippen LogP contribution in [0.25, 0.3) is 0 Å². The number of benzene rings is 1. The number of carboxylic acid groups (broad SMARTS) is 1. The first kappa shape index (κ1) is 12.5. The minimum Gasteiger partial charge on any atom is -0.465 e. The van der Waals surface area contributed by atoms with E-state index in [1.54, 1.807) is 12.1 Å². The highest BCUT2D eigenvalue weighted by molar-refractivity contribution is 7.90. The van der Waals surface area contributed by atoms with E-state index in [1.165, 1.54) is 19.2 Å². The first-order chi connectivity index (χ1) is 7.30. The molecule has 16 heavy (non-hydrogen) atoms. The Morgan fingerprint density at radius 3 is 2.19 bits per heavy atom. The lowest BCUT2D eigenvalue weighted by Crippen LogP contribution is -2.23. The van der Waals surface area contributed by atoms with Gasteiger partial charge in [0.25, 0.3) is 0 Å². The molecular weight excluding hydrogens is 230 g/mol. The highest BCUT2D eigenvalue weighted by atomic mass is 32.2. The number of nitrogens with zero attached hydrogens (tertiary/aromatic N) is 1. The molecule has 1 aromatic carbocycles. The Morgan fingerprint density at radius 2 is 1.81 bits per heavy atom. The Labute approximate surface area is 94.2 Å². The minimum absolute atomic E-state index is 0.231. The fourth-order valence-electron chi connectivity index (χ4n) is 1.18. The summed E-state index contributed by atoms with van der Waals surface area (Å²) in [5.74, 6) is 0. The van der Waals surface area contributed by atoms with Gasteiger partial charge in [0.1, 0.15) is 0 Å². The highest BCUT2D eigenvalue weighted by Crippen LogP contribution is 2.11. The third-order valence-corrected chi connectivity index (χ3v) is 3.23. The fraction of sp³-hybridized carbons (Fsp3) is 0.300. The van der Waals surface area contributed by atoms with E-state index in [0.29, 0.717) is 0 Å². The third-order valence-electron chi connectivity index (χ3n) is 2.10. The van der Waals surface area contributed by atoms with Crippen molar-refractivity contribution in [2.75, 3.05) is 13.3 Å². The summed E-state index contributed by atoms with van der Waals surface area (Å²) in [5, 5.41) is 8.66. The molecule has 6 heteroatoms. The Kier molecular flexibility index (Phi) is 3.54. The summed E-state index contributed by atoms with van der Waals surface area (Å²) >= 11 is 0. The molecular formula is C10H13NO4S. The van der Waals surface area contributed by atoms with Gasteiger partial charge >= 0.3 is 6.09 Å². The van der Waals surface area contributed by atoms with Crippen LogP contribution >= 0.6 is 0 Å². The predicted octanol–water partition coefficient (Wildman–Crippen LogP) is 1.20. The van der Waals surface area contributed by atoms with Crippen LogP contribution in [0.1, 0.15) is 5.56 Å². The van der Waals surface area contributed by atoms with E-state index >= 15 is 0 Å². The summed E-state index contributed by atoms with van der Waals surface area (Å²) in [7, 11) is -1.74. The van der Waals surface area contributed by atoms with Crippen LogP contribution in [-0.4, -0.2) is 37.8 Å². The van der Waals surface area contributed by atoms with E-state index in [-0.39, 0.29) is 11.4 Å². The molecule has 1 rings (SSSR count). The van der Waals surface area contributed by atoms with Crippen molar-refractivity contribution in [3.63, 3.8) is 0 Å². The second-order valence-electron chi connectivity index (χ2n) is 3.55. The molecule has 88 valence electrons. The molecule has 0 saturated heterocycles. The maximum atomic E-state index is 11.2. The van der Waals surface area contributed by atoms with E-state index in [1.807, 2.05) is 0 Å². The van der Waals surface area contributed by atoms with Gasteiger partial charge in [0.2, 0.25) is 0 Å². The summed E-state index contributed by atoms with van der Waals surface area (Å²) in [6.45, 7) is 0.235. The van der Waals surface area contributed by atoms with Gasteiger partial charge in [-0.25, -0.2) is 13.2 Å². The van der Waals surface area contributed by atoms with Gasteiger partial charge in [-0.2, -0.15) is 0 Å². The molecule has 5 nitrogen and oxygen atoms in total. The number of amides is 1. The van der Waals surface area contributed by atoms with Crippen LogP contribution < -0.4 is 0 Å². The van der Waals surface area contributed by atoms with Crippen LogP contribution in [0.2, 0.25) is 0 Å². The van der Waals surface area contributed by atoms with Gasteiger partial charge in [0.05, 0.1) is 4.90 Å². The van der Waals surface area contributed by atoms with E-state index in [0.717, 1.165) is 16.7 Å². The van der Waals surface area contributed by atoms with Gasteiger partial charge in [-0.05, 0) is 17.7 Å². The fourth-order valence-corrected chi connectivity index (χ4v) is 1.81. The SMILES string of the molecule is CN(Cc1ccc(S(C)(=O)=O)cc1)C(=O)O. The first-order valence-corrected chi connectivity index (χ1v) is 6.43. The van der Waals surface area contributed by atoms with E-state index in [4.69, 9.17) is 5.11 Å². The minimum atomic E-state index is -3.19. The zero-order valence-electron chi connectivity index (χ0n) is 9.04. The van der Waals surface area contributed by atoms with E-state index in [9.17, 15) is 13.2 Å². The van der Waals surface area contributed by atoms with Crippen molar-refractivity contribution in [3.8, 4) is 0 Å². The van der Waals surface area contributed by atoms with Crippen LogP contribution in [0.3, 0.4) is 0 Å². The molecule has 1 aromatic rings. The molecule has 0 radical (unpaired) electrons. The number of hydrogen-bond acceptors (Lipinski definition) is 3. The summed E-state index contributed by atoms with van der Waals surface area (Å²) < 4.78 is 22.3. The number of sulfone groups is 1. The molecule has 0 spiro atoms. The Hall–Kier alpha value is -1.56. The zero-order valence-corrected chi connectivity index (χ0v) is 9.86. The van der Waals surface area contributed by atoms with Gasteiger partial charge in [-0.1, -0.05) is 12.1 Å². The van der Waals surface area contributed by atoms with Crippen molar-refractivity contribution in [2.24, 2.45) is 0 Å². The van der Waals surface area contributed by atoms with Gasteiger partial charge in [-0.15, -0.1) is 0 Å². The van der Waals surface area contributed by atoms with Crippen molar-refractivity contribution in [1.29, 1.82) is 0 Å². The molecule has 0 bridgehead atoms. The lowest BCUT2D eigenvalue weighted by atomic mass is 10.2. The highest BCUT2D eigenvalue weighted by Gasteiger charge is 2.08. The quantitative estimate of drug-likeness (QED) is 0.865. The second kappa shape index (κ2) is 4.52. The Bertz CT molecular complexity index is 478. The van der Waals surface area contributed by atoms with Crippen LogP contribution in [0, 0.1) is 0 Å². The van der Waals surface area contributed by atoms with Crippen molar-refractivity contribution < 1.29 is 18.3 Å². The van der Waals surface area contributed by atoms with Crippen LogP contribution in [-0.2, 0) is 16.4 Å². The Morgan fingerprint density at radius 1 is 1.31 bits per heavy atom. The average molecular weight is 243 g/mol. The van der Waals surface area contributed by atoms with Crippen molar-refractivity contribution in [1.82, 2.24) is 4.90 Å². The number of carbonyl (C=O) groups is 1. The largest absolute Gasteiger partial charge is 0.465 e. The van der Waals surface area contributed by atoms with Gasteiger partial charge < -0.3 is 10.0 Å². The first-order valence-electron chi connectivity index (χ1n) is 4.54. The molecule has 1 amide bonds. The molecule has 0 aliphatic heterocycles. The standard InChI is InChI=1S/C10H13NO4S/c1-11(10(12)13)7-8-3-5-9(6-4-8)16(2,14)15/h3-6H,7H2,1-2H3,(H,12,13). The summed E-state index contributed by atoms with van der Waals surface area (Å²) in [4.78, 5) is 11.9. The van der Waals surface area contributed by atoms with Crippen molar-refractivity contribution in [2.45, 2.75) is 11.4 Å². The third kappa shape index (κ3) is 3.23. The van der Waals surface area contributed by atoms with Gasteiger partial charge in [0.15, 0.2) is 9.84 Å². The molecule has 0 aliphatic rings. The smallest absolute Gasteiger partial charge is 0.407 e. The number of hydrogen-bond donors (Lipinski definition) is 1.